The van der Waals surface area contributed by atoms with E-state index in [-0.39, 0.29) is 23.0 Å². The lowest BCUT2D eigenvalue weighted by Crippen LogP contribution is -2.39. The second-order valence-electron chi connectivity index (χ2n) is 4.35. The maximum Gasteiger partial charge on any atom is 0.251 e. The normalized spacial score (nSPS) is 11.2. The van der Waals surface area contributed by atoms with Crippen LogP contribution in [0, 0.1) is 0 Å². The van der Waals surface area contributed by atoms with Gasteiger partial charge in [0.05, 0.1) is 5.60 Å². The van der Waals surface area contributed by atoms with Crippen LogP contribution in [0.1, 0.15) is 24.2 Å². The average Bonchev–Trinajstić information content (AvgIpc) is 2.30. The maximum absolute atomic E-state index is 11.7. The Kier molecular flexibility index (Phi) is 3.96. The van der Waals surface area contributed by atoms with Gasteiger partial charge in [-0.25, -0.2) is 0 Å². The van der Waals surface area contributed by atoms with E-state index in [4.69, 9.17) is 9.84 Å². The topological polar surface area (TPSA) is 78.8 Å². The number of nitrogens with one attached hydrogen (secondary N) is 1. The third kappa shape index (κ3) is 3.64. The molecule has 1 aromatic carbocycles. The number of aromatic hydroxyl groups is 2. The van der Waals surface area contributed by atoms with E-state index >= 15 is 0 Å². The molecule has 0 aliphatic rings. The first-order chi connectivity index (χ1) is 7.85. The van der Waals surface area contributed by atoms with Crippen LogP contribution in [0.4, 0.5) is 0 Å². The molecule has 0 aliphatic carbocycles. The van der Waals surface area contributed by atoms with Gasteiger partial charge in [0.15, 0.2) is 11.5 Å². The van der Waals surface area contributed by atoms with Crippen molar-refractivity contribution in [1.82, 2.24) is 5.32 Å². The Hall–Kier alpha value is -1.75. The fourth-order valence-corrected chi connectivity index (χ4v) is 1.13. The maximum atomic E-state index is 11.7. The van der Waals surface area contributed by atoms with Crippen molar-refractivity contribution in [2.75, 3.05) is 13.7 Å². The molecule has 0 fully saturated rings. The molecule has 1 rings (SSSR count). The van der Waals surface area contributed by atoms with E-state index in [1.807, 2.05) is 13.8 Å². The molecule has 94 valence electrons. The van der Waals surface area contributed by atoms with Crippen LogP contribution in [0.25, 0.3) is 0 Å². The quantitative estimate of drug-likeness (QED) is 0.691. The zero-order chi connectivity index (χ0) is 13.1. The Morgan fingerprint density at radius 3 is 2.53 bits per heavy atom. The fourth-order valence-electron chi connectivity index (χ4n) is 1.13. The molecule has 0 atom stereocenters. The Bertz CT molecular complexity index is 415. The molecular weight excluding hydrogens is 222 g/mol. The zero-order valence-corrected chi connectivity index (χ0v) is 10.2. The minimum atomic E-state index is -0.450. The Morgan fingerprint density at radius 2 is 2.00 bits per heavy atom. The molecule has 1 amide bonds. The number of carbonyl (C=O) groups is 1. The summed E-state index contributed by atoms with van der Waals surface area (Å²) in [5, 5.41) is 21.1. The van der Waals surface area contributed by atoms with Crippen LogP contribution in [0.5, 0.6) is 11.5 Å². The molecule has 5 nitrogen and oxygen atoms in total. The lowest BCUT2D eigenvalue weighted by molar-refractivity contribution is 0.0229. The largest absolute Gasteiger partial charge is 0.504 e. The smallest absolute Gasteiger partial charge is 0.251 e. The summed E-state index contributed by atoms with van der Waals surface area (Å²) in [4.78, 5) is 11.7. The molecule has 0 spiro atoms. The predicted molar refractivity (Wildman–Crippen MR) is 63.2 cm³/mol. The highest BCUT2D eigenvalue weighted by atomic mass is 16.5. The number of amides is 1. The molecule has 3 N–H and O–H groups in total. The second kappa shape index (κ2) is 5.05. The highest BCUT2D eigenvalue weighted by Gasteiger charge is 2.18. The van der Waals surface area contributed by atoms with Gasteiger partial charge in [-0.1, -0.05) is 0 Å². The molecule has 0 aromatic heterocycles. The summed E-state index contributed by atoms with van der Waals surface area (Å²) in [7, 11) is 1.57. The minimum absolute atomic E-state index is 0.251. The van der Waals surface area contributed by atoms with E-state index in [1.165, 1.54) is 18.2 Å². The molecule has 0 bridgehead atoms. The number of phenols is 2. The van der Waals surface area contributed by atoms with Gasteiger partial charge < -0.3 is 20.3 Å². The monoisotopic (exact) mass is 239 g/mol. The van der Waals surface area contributed by atoms with Gasteiger partial charge in [-0.15, -0.1) is 0 Å². The number of hydrogen-bond acceptors (Lipinski definition) is 4. The number of methoxy groups -OCH3 is 1. The van der Waals surface area contributed by atoms with Crippen LogP contribution in [-0.4, -0.2) is 35.4 Å². The van der Waals surface area contributed by atoms with Crippen LogP contribution in [-0.2, 0) is 4.74 Å². The standard InChI is InChI=1S/C12H17NO4/c1-12(2,17-3)7-13-11(16)8-4-5-9(14)10(15)6-8/h4-6,14-15H,7H2,1-3H3,(H,13,16). The molecule has 0 radical (unpaired) electrons. The summed E-state index contributed by atoms with van der Waals surface area (Å²) < 4.78 is 5.16. The van der Waals surface area contributed by atoms with Crippen molar-refractivity contribution in [2.24, 2.45) is 0 Å². The number of benzene rings is 1. The van der Waals surface area contributed by atoms with E-state index in [1.54, 1.807) is 7.11 Å². The second-order valence-corrected chi connectivity index (χ2v) is 4.35. The average molecular weight is 239 g/mol. The number of phenolic OH excluding ortho intramolecular Hbond substituents is 2. The van der Waals surface area contributed by atoms with Crippen molar-refractivity contribution in [2.45, 2.75) is 19.4 Å². The van der Waals surface area contributed by atoms with Crippen LogP contribution in [0.2, 0.25) is 0 Å². The zero-order valence-electron chi connectivity index (χ0n) is 10.2. The lowest BCUT2D eigenvalue weighted by atomic mass is 10.1. The van der Waals surface area contributed by atoms with Gasteiger partial charge in [0.2, 0.25) is 0 Å². The van der Waals surface area contributed by atoms with Gasteiger partial charge in [-0.2, -0.15) is 0 Å². The van der Waals surface area contributed by atoms with Gasteiger partial charge in [0.1, 0.15) is 0 Å². The molecular formula is C12H17NO4. The van der Waals surface area contributed by atoms with Crippen molar-refractivity contribution in [1.29, 1.82) is 0 Å². The number of carbonyl (C=O) groups excluding carboxylic acids is 1. The number of hydrogen-bond donors (Lipinski definition) is 3. The SMILES string of the molecule is COC(C)(C)CNC(=O)c1ccc(O)c(O)c1. The van der Waals surface area contributed by atoms with Gasteiger partial charge in [-0.05, 0) is 32.0 Å². The fraction of sp³-hybridized carbons (Fsp3) is 0.417. The highest BCUT2D eigenvalue weighted by Crippen LogP contribution is 2.24. The minimum Gasteiger partial charge on any atom is -0.504 e. The molecule has 0 aliphatic heterocycles. The van der Waals surface area contributed by atoms with Gasteiger partial charge in [0, 0.05) is 19.2 Å². The van der Waals surface area contributed by atoms with E-state index in [9.17, 15) is 9.90 Å². The summed E-state index contributed by atoms with van der Waals surface area (Å²) in [6, 6.07) is 3.92. The molecule has 0 unspecified atom stereocenters. The summed E-state index contributed by atoms with van der Waals surface area (Å²) in [6.45, 7) is 4.05. The lowest BCUT2D eigenvalue weighted by Gasteiger charge is -2.23. The number of rotatable bonds is 4. The molecule has 0 saturated carbocycles. The van der Waals surface area contributed by atoms with E-state index in [2.05, 4.69) is 5.32 Å². The van der Waals surface area contributed by atoms with Crippen molar-refractivity contribution < 1.29 is 19.7 Å². The van der Waals surface area contributed by atoms with Crippen molar-refractivity contribution in [3.8, 4) is 11.5 Å². The van der Waals surface area contributed by atoms with E-state index < -0.39 is 5.60 Å². The number of ether oxygens (including phenoxy) is 1. The highest BCUT2D eigenvalue weighted by molar-refractivity contribution is 5.94. The molecule has 17 heavy (non-hydrogen) atoms. The summed E-state index contributed by atoms with van der Waals surface area (Å²) in [5.41, 5.74) is -0.165. The molecule has 0 saturated heterocycles. The van der Waals surface area contributed by atoms with Gasteiger partial charge in [0.25, 0.3) is 5.91 Å². The van der Waals surface area contributed by atoms with Gasteiger partial charge in [-0.3, -0.25) is 4.79 Å². The first-order valence-electron chi connectivity index (χ1n) is 5.21. The Balaban J connectivity index is 2.68. The Morgan fingerprint density at radius 1 is 1.35 bits per heavy atom. The third-order valence-electron chi connectivity index (χ3n) is 2.46. The molecule has 0 heterocycles. The van der Waals surface area contributed by atoms with Crippen LogP contribution in [0.3, 0.4) is 0 Å². The first kappa shape index (κ1) is 13.3. The van der Waals surface area contributed by atoms with Crippen LogP contribution in [0.15, 0.2) is 18.2 Å². The van der Waals surface area contributed by atoms with Gasteiger partial charge >= 0.3 is 0 Å². The van der Waals surface area contributed by atoms with Crippen LogP contribution >= 0.6 is 0 Å². The summed E-state index contributed by atoms with van der Waals surface area (Å²) in [6.07, 6.45) is 0. The predicted octanol–water partition coefficient (Wildman–Crippen LogP) is 1.25. The Labute approximate surface area is 100 Å². The third-order valence-corrected chi connectivity index (χ3v) is 2.46. The molecule has 5 heteroatoms. The van der Waals surface area contributed by atoms with Crippen molar-refractivity contribution in [3.05, 3.63) is 23.8 Å². The van der Waals surface area contributed by atoms with E-state index in [0.29, 0.717) is 6.54 Å². The van der Waals surface area contributed by atoms with Crippen molar-refractivity contribution >= 4 is 5.91 Å². The van der Waals surface area contributed by atoms with E-state index in [0.717, 1.165) is 0 Å². The summed E-state index contributed by atoms with van der Waals surface area (Å²) in [5.74, 6) is -0.896. The molecule has 1 aromatic rings. The summed E-state index contributed by atoms with van der Waals surface area (Å²) >= 11 is 0. The van der Waals surface area contributed by atoms with Crippen LogP contribution < -0.4 is 5.32 Å². The first-order valence-corrected chi connectivity index (χ1v) is 5.21. The van der Waals surface area contributed by atoms with Crippen molar-refractivity contribution in [3.63, 3.8) is 0 Å².